The van der Waals surface area contributed by atoms with E-state index in [1.807, 2.05) is 35.2 Å². The number of nitrogens with zero attached hydrogens (tertiary/aromatic N) is 2. The van der Waals surface area contributed by atoms with Crippen molar-refractivity contribution in [2.24, 2.45) is 0 Å². The predicted molar refractivity (Wildman–Crippen MR) is 63.8 cm³/mol. The Labute approximate surface area is 94.3 Å². The smallest absolute Gasteiger partial charge is 0.225 e. The van der Waals surface area contributed by atoms with Crippen LogP contribution >= 0.6 is 12.2 Å². The normalized spacial score (nSPS) is 15.9. The van der Waals surface area contributed by atoms with Crippen molar-refractivity contribution in [2.75, 3.05) is 18.0 Å². The molecule has 1 aliphatic heterocycles. The minimum atomic E-state index is 0.0124. The van der Waals surface area contributed by atoms with Gasteiger partial charge in [-0.2, -0.15) is 0 Å². The average molecular weight is 220 g/mol. The lowest BCUT2D eigenvalue weighted by Gasteiger charge is -2.19. The van der Waals surface area contributed by atoms with Gasteiger partial charge in [0, 0.05) is 25.7 Å². The van der Waals surface area contributed by atoms with Gasteiger partial charge in [0.15, 0.2) is 5.11 Å². The van der Waals surface area contributed by atoms with Crippen LogP contribution < -0.4 is 4.90 Å². The zero-order valence-electron chi connectivity index (χ0n) is 8.51. The molecule has 1 heterocycles. The molecule has 1 aliphatic rings. The molecule has 1 amide bonds. The van der Waals surface area contributed by atoms with Crippen molar-refractivity contribution in [3.63, 3.8) is 0 Å². The SMILES string of the molecule is CC(=O)N1CCN(c2ccccc2)C1=S. The second kappa shape index (κ2) is 3.98. The topological polar surface area (TPSA) is 23.6 Å². The highest BCUT2D eigenvalue weighted by atomic mass is 32.1. The maximum Gasteiger partial charge on any atom is 0.225 e. The Morgan fingerprint density at radius 1 is 1.27 bits per heavy atom. The van der Waals surface area contributed by atoms with Crippen LogP contribution in [0.2, 0.25) is 0 Å². The highest BCUT2D eigenvalue weighted by molar-refractivity contribution is 7.80. The van der Waals surface area contributed by atoms with Gasteiger partial charge in [0.25, 0.3) is 0 Å². The molecule has 3 nitrogen and oxygen atoms in total. The minimum absolute atomic E-state index is 0.0124. The number of benzene rings is 1. The van der Waals surface area contributed by atoms with Gasteiger partial charge in [-0.25, -0.2) is 0 Å². The first-order valence-corrected chi connectivity index (χ1v) is 5.25. The van der Waals surface area contributed by atoms with Crippen molar-refractivity contribution in [3.05, 3.63) is 30.3 Å². The molecule has 0 spiro atoms. The fraction of sp³-hybridized carbons (Fsp3) is 0.273. The molecule has 0 aliphatic carbocycles. The zero-order valence-corrected chi connectivity index (χ0v) is 9.33. The first-order valence-electron chi connectivity index (χ1n) is 4.85. The summed E-state index contributed by atoms with van der Waals surface area (Å²) in [5.41, 5.74) is 1.05. The van der Waals surface area contributed by atoms with Crippen LogP contribution in [0.25, 0.3) is 0 Å². The second-order valence-corrected chi connectivity index (χ2v) is 3.81. The van der Waals surface area contributed by atoms with E-state index in [1.165, 1.54) is 0 Å². The summed E-state index contributed by atoms with van der Waals surface area (Å²) in [6, 6.07) is 9.89. The van der Waals surface area contributed by atoms with E-state index in [9.17, 15) is 4.79 Å². The van der Waals surface area contributed by atoms with Crippen molar-refractivity contribution in [1.82, 2.24) is 4.90 Å². The lowest BCUT2D eigenvalue weighted by Crippen LogP contribution is -2.34. The van der Waals surface area contributed by atoms with Gasteiger partial charge in [0.2, 0.25) is 5.91 Å². The van der Waals surface area contributed by atoms with Gasteiger partial charge in [0.1, 0.15) is 0 Å². The fourth-order valence-corrected chi connectivity index (χ4v) is 2.09. The zero-order chi connectivity index (χ0) is 10.8. The van der Waals surface area contributed by atoms with E-state index < -0.39 is 0 Å². The molecule has 0 radical (unpaired) electrons. The molecular weight excluding hydrogens is 208 g/mol. The molecule has 0 saturated carbocycles. The first-order chi connectivity index (χ1) is 7.20. The molecule has 0 unspecified atom stereocenters. The van der Waals surface area contributed by atoms with Gasteiger partial charge in [-0.15, -0.1) is 0 Å². The number of carbonyl (C=O) groups excluding carboxylic acids is 1. The van der Waals surface area contributed by atoms with Gasteiger partial charge in [0.05, 0.1) is 0 Å². The summed E-state index contributed by atoms with van der Waals surface area (Å²) in [5, 5.41) is 0.605. The lowest BCUT2D eigenvalue weighted by atomic mass is 10.3. The van der Waals surface area contributed by atoms with Crippen LogP contribution in [-0.2, 0) is 4.79 Å². The molecule has 0 N–H and O–H groups in total. The number of hydrogen-bond acceptors (Lipinski definition) is 2. The number of amides is 1. The Kier molecular flexibility index (Phi) is 2.68. The van der Waals surface area contributed by atoms with E-state index in [1.54, 1.807) is 11.8 Å². The molecule has 2 rings (SSSR count). The fourth-order valence-electron chi connectivity index (χ4n) is 1.68. The monoisotopic (exact) mass is 220 g/mol. The second-order valence-electron chi connectivity index (χ2n) is 3.44. The van der Waals surface area contributed by atoms with Gasteiger partial charge >= 0.3 is 0 Å². The number of hydrogen-bond donors (Lipinski definition) is 0. The van der Waals surface area contributed by atoms with Gasteiger partial charge < -0.3 is 4.90 Å². The summed E-state index contributed by atoms with van der Waals surface area (Å²) in [7, 11) is 0. The average Bonchev–Trinajstić information content (AvgIpc) is 2.61. The third-order valence-corrected chi connectivity index (χ3v) is 2.90. The quantitative estimate of drug-likeness (QED) is 0.672. The Bertz CT molecular complexity index is 391. The van der Waals surface area contributed by atoms with Crippen LogP contribution in [0.15, 0.2) is 30.3 Å². The van der Waals surface area contributed by atoms with Crippen molar-refractivity contribution in [2.45, 2.75) is 6.92 Å². The molecule has 1 saturated heterocycles. The summed E-state index contributed by atoms with van der Waals surface area (Å²) in [4.78, 5) is 14.9. The lowest BCUT2D eigenvalue weighted by molar-refractivity contribution is -0.124. The Morgan fingerprint density at radius 2 is 1.93 bits per heavy atom. The van der Waals surface area contributed by atoms with E-state index in [4.69, 9.17) is 12.2 Å². The molecule has 0 bridgehead atoms. The number of anilines is 1. The van der Waals surface area contributed by atoms with E-state index in [-0.39, 0.29) is 5.91 Å². The van der Waals surface area contributed by atoms with Crippen LogP contribution in [0.3, 0.4) is 0 Å². The van der Waals surface area contributed by atoms with Gasteiger partial charge in [-0.3, -0.25) is 9.69 Å². The number of para-hydroxylation sites is 1. The largest absolute Gasteiger partial charge is 0.317 e. The van der Waals surface area contributed by atoms with E-state index >= 15 is 0 Å². The predicted octanol–water partition coefficient (Wildman–Crippen LogP) is 1.64. The van der Waals surface area contributed by atoms with Crippen LogP contribution in [0.1, 0.15) is 6.92 Å². The van der Waals surface area contributed by atoms with Crippen LogP contribution in [0.4, 0.5) is 5.69 Å². The molecule has 1 aromatic rings. The standard InChI is InChI=1S/C11H12N2OS/c1-9(14)12-7-8-13(11(12)15)10-5-3-2-4-6-10/h2-6H,7-8H2,1H3. The Hall–Kier alpha value is -1.42. The van der Waals surface area contributed by atoms with Crippen molar-refractivity contribution in [1.29, 1.82) is 0 Å². The Morgan fingerprint density at radius 3 is 2.47 bits per heavy atom. The van der Waals surface area contributed by atoms with Crippen molar-refractivity contribution in [3.8, 4) is 0 Å². The van der Waals surface area contributed by atoms with Gasteiger partial charge in [-0.05, 0) is 24.4 Å². The van der Waals surface area contributed by atoms with Crippen molar-refractivity contribution < 1.29 is 4.79 Å². The maximum atomic E-state index is 11.2. The summed E-state index contributed by atoms with van der Waals surface area (Å²) in [6.45, 7) is 3.01. The first kappa shape index (κ1) is 10.1. The molecular formula is C11H12N2OS. The Balaban J connectivity index is 2.21. The number of thiocarbonyl (C=S) groups is 1. The molecule has 0 aromatic heterocycles. The van der Waals surface area contributed by atoms with Crippen LogP contribution in [0.5, 0.6) is 0 Å². The summed E-state index contributed by atoms with van der Waals surface area (Å²) < 4.78 is 0. The molecule has 0 atom stereocenters. The molecule has 1 fully saturated rings. The third-order valence-electron chi connectivity index (χ3n) is 2.46. The van der Waals surface area contributed by atoms with E-state index in [0.29, 0.717) is 11.7 Å². The van der Waals surface area contributed by atoms with E-state index in [2.05, 4.69) is 0 Å². The molecule has 1 aromatic carbocycles. The number of carbonyl (C=O) groups is 1. The highest BCUT2D eigenvalue weighted by Gasteiger charge is 2.28. The number of rotatable bonds is 1. The minimum Gasteiger partial charge on any atom is -0.317 e. The van der Waals surface area contributed by atoms with Gasteiger partial charge in [-0.1, -0.05) is 18.2 Å². The summed E-state index contributed by atoms with van der Waals surface area (Å²) >= 11 is 5.25. The van der Waals surface area contributed by atoms with Crippen molar-refractivity contribution >= 4 is 28.9 Å². The van der Waals surface area contributed by atoms with Crippen LogP contribution in [-0.4, -0.2) is 29.0 Å². The molecule has 4 heteroatoms. The third kappa shape index (κ3) is 1.85. The maximum absolute atomic E-state index is 11.2. The highest BCUT2D eigenvalue weighted by Crippen LogP contribution is 2.19. The summed E-state index contributed by atoms with van der Waals surface area (Å²) in [5.74, 6) is 0.0124. The van der Waals surface area contributed by atoms with E-state index in [0.717, 1.165) is 12.2 Å². The molecule has 78 valence electrons. The summed E-state index contributed by atoms with van der Waals surface area (Å²) in [6.07, 6.45) is 0. The molecule has 15 heavy (non-hydrogen) atoms. The van der Waals surface area contributed by atoms with Crippen LogP contribution in [0, 0.1) is 0 Å².